The number of thiazole rings is 1. The highest BCUT2D eigenvalue weighted by Gasteiger charge is 2.30. The Bertz CT molecular complexity index is 574. The van der Waals surface area contributed by atoms with Crippen molar-refractivity contribution in [3.8, 4) is 0 Å². The number of hydrogen-bond acceptors (Lipinski definition) is 5. The van der Waals surface area contributed by atoms with E-state index in [1.54, 1.807) is 20.8 Å². The molecule has 114 valence electrons. The van der Waals surface area contributed by atoms with E-state index in [4.69, 9.17) is 9.84 Å². The minimum absolute atomic E-state index is 0.0336. The molecule has 21 heavy (non-hydrogen) atoms. The van der Waals surface area contributed by atoms with Gasteiger partial charge in [-0.2, -0.15) is 0 Å². The summed E-state index contributed by atoms with van der Waals surface area (Å²) >= 11 is 1.28. The molecular formula is C14H18N2O4S. The SMILES string of the molecule is CC(C)(C)OC(=O)NC1CC=CC1c1nc(C(=O)O)cs1. The highest BCUT2D eigenvalue weighted by atomic mass is 32.1. The first kappa shape index (κ1) is 15.5. The molecule has 0 aliphatic heterocycles. The van der Waals surface area contributed by atoms with Gasteiger partial charge >= 0.3 is 12.1 Å². The molecule has 0 aromatic carbocycles. The van der Waals surface area contributed by atoms with Crippen LogP contribution in [0.2, 0.25) is 0 Å². The van der Waals surface area contributed by atoms with Crippen LogP contribution in [0.25, 0.3) is 0 Å². The summed E-state index contributed by atoms with van der Waals surface area (Å²) in [4.78, 5) is 26.8. The van der Waals surface area contributed by atoms with E-state index in [0.29, 0.717) is 11.4 Å². The van der Waals surface area contributed by atoms with Crippen LogP contribution in [0.15, 0.2) is 17.5 Å². The normalized spacial score (nSPS) is 21.3. The number of aromatic carboxylic acids is 1. The maximum Gasteiger partial charge on any atom is 0.407 e. The summed E-state index contributed by atoms with van der Waals surface area (Å²) in [6, 6.07) is -0.160. The maximum absolute atomic E-state index is 11.8. The summed E-state index contributed by atoms with van der Waals surface area (Å²) in [5.41, 5.74) is -0.519. The molecule has 0 saturated heterocycles. The molecule has 7 heteroatoms. The number of rotatable bonds is 3. The van der Waals surface area contributed by atoms with Gasteiger partial charge in [-0.3, -0.25) is 0 Å². The molecule has 1 aromatic heterocycles. The number of carbonyl (C=O) groups is 2. The van der Waals surface area contributed by atoms with E-state index >= 15 is 0 Å². The molecular weight excluding hydrogens is 292 g/mol. The molecule has 1 amide bonds. The Balaban J connectivity index is 2.04. The molecule has 2 unspecified atom stereocenters. The lowest BCUT2D eigenvalue weighted by Gasteiger charge is -2.24. The quantitative estimate of drug-likeness (QED) is 0.838. The van der Waals surface area contributed by atoms with E-state index in [9.17, 15) is 9.59 Å². The predicted octanol–water partition coefficient (Wildman–Crippen LogP) is 2.78. The standard InChI is InChI=1S/C14H18N2O4S/c1-14(2,3)20-13(19)16-9-6-4-5-8(9)11-15-10(7-21-11)12(17)18/h4-5,7-9H,6H2,1-3H3,(H,16,19)(H,17,18). The molecule has 1 heterocycles. The largest absolute Gasteiger partial charge is 0.476 e. The fourth-order valence-corrected chi connectivity index (χ4v) is 2.99. The third-order valence-electron chi connectivity index (χ3n) is 2.90. The number of carbonyl (C=O) groups excluding carboxylic acids is 1. The van der Waals surface area contributed by atoms with Gasteiger partial charge in [-0.1, -0.05) is 12.2 Å². The summed E-state index contributed by atoms with van der Waals surface area (Å²) in [5, 5.41) is 13.9. The van der Waals surface area contributed by atoms with Crippen LogP contribution >= 0.6 is 11.3 Å². The van der Waals surface area contributed by atoms with Crippen molar-refractivity contribution in [2.45, 2.75) is 44.8 Å². The Labute approximate surface area is 126 Å². The van der Waals surface area contributed by atoms with Gasteiger partial charge in [0.15, 0.2) is 5.69 Å². The minimum Gasteiger partial charge on any atom is -0.476 e. The zero-order chi connectivity index (χ0) is 15.6. The van der Waals surface area contributed by atoms with Crippen LogP contribution in [-0.2, 0) is 4.74 Å². The number of carboxylic acid groups (broad SMARTS) is 1. The van der Waals surface area contributed by atoms with Crippen LogP contribution in [0, 0.1) is 0 Å². The molecule has 1 aliphatic carbocycles. The van der Waals surface area contributed by atoms with Gasteiger partial charge in [-0.25, -0.2) is 14.6 Å². The highest BCUT2D eigenvalue weighted by Crippen LogP contribution is 2.31. The van der Waals surface area contributed by atoms with Gasteiger partial charge in [0.25, 0.3) is 0 Å². The first-order chi connectivity index (χ1) is 9.76. The second-order valence-electron chi connectivity index (χ2n) is 5.82. The third kappa shape index (κ3) is 4.04. The van der Waals surface area contributed by atoms with Crippen LogP contribution in [0.4, 0.5) is 4.79 Å². The van der Waals surface area contributed by atoms with Crippen molar-refractivity contribution in [3.63, 3.8) is 0 Å². The Kier molecular flexibility index (Phi) is 4.32. The van der Waals surface area contributed by atoms with E-state index in [1.165, 1.54) is 16.7 Å². The van der Waals surface area contributed by atoms with E-state index < -0.39 is 17.7 Å². The van der Waals surface area contributed by atoms with Crippen molar-refractivity contribution >= 4 is 23.4 Å². The molecule has 6 nitrogen and oxygen atoms in total. The van der Waals surface area contributed by atoms with E-state index in [2.05, 4.69) is 10.3 Å². The van der Waals surface area contributed by atoms with Crippen molar-refractivity contribution in [2.24, 2.45) is 0 Å². The van der Waals surface area contributed by atoms with E-state index in [1.807, 2.05) is 12.2 Å². The fourth-order valence-electron chi connectivity index (χ4n) is 2.05. The minimum atomic E-state index is -1.05. The van der Waals surface area contributed by atoms with Gasteiger partial charge in [-0.05, 0) is 27.2 Å². The van der Waals surface area contributed by atoms with Gasteiger partial charge < -0.3 is 15.2 Å². The second kappa shape index (κ2) is 5.85. The van der Waals surface area contributed by atoms with Crippen LogP contribution in [0.5, 0.6) is 0 Å². The highest BCUT2D eigenvalue weighted by molar-refractivity contribution is 7.10. The van der Waals surface area contributed by atoms with Crippen LogP contribution in [0.3, 0.4) is 0 Å². The average Bonchev–Trinajstić information content (AvgIpc) is 2.93. The summed E-state index contributed by atoms with van der Waals surface area (Å²) in [6.07, 6.45) is 4.09. The van der Waals surface area contributed by atoms with E-state index in [0.717, 1.165) is 0 Å². The molecule has 0 bridgehead atoms. The van der Waals surface area contributed by atoms with Crippen LogP contribution < -0.4 is 5.32 Å². The number of amides is 1. The number of hydrogen-bond donors (Lipinski definition) is 2. The number of ether oxygens (including phenoxy) is 1. The average molecular weight is 310 g/mol. The summed E-state index contributed by atoms with van der Waals surface area (Å²) in [5.74, 6) is -1.16. The van der Waals surface area contributed by atoms with Crippen molar-refractivity contribution in [3.05, 3.63) is 28.2 Å². The molecule has 0 spiro atoms. The molecule has 1 aromatic rings. The third-order valence-corrected chi connectivity index (χ3v) is 3.84. The Hall–Kier alpha value is -1.89. The van der Waals surface area contributed by atoms with Crippen molar-refractivity contribution < 1.29 is 19.4 Å². The lowest BCUT2D eigenvalue weighted by atomic mass is 10.1. The van der Waals surface area contributed by atoms with E-state index in [-0.39, 0.29) is 17.7 Å². The van der Waals surface area contributed by atoms with Crippen LogP contribution in [-0.4, -0.2) is 33.8 Å². The predicted molar refractivity (Wildman–Crippen MR) is 78.7 cm³/mol. The smallest absolute Gasteiger partial charge is 0.407 e. The fraction of sp³-hybridized carbons (Fsp3) is 0.500. The monoisotopic (exact) mass is 310 g/mol. The van der Waals surface area contributed by atoms with Crippen molar-refractivity contribution in [2.75, 3.05) is 0 Å². The number of nitrogens with zero attached hydrogens (tertiary/aromatic N) is 1. The lowest BCUT2D eigenvalue weighted by Crippen LogP contribution is -2.40. The zero-order valence-corrected chi connectivity index (χ0v) is 12.9. The van der Waals surface area contributed by atoms with Gasteiger partial charge in [0.2, 0.25) is 0 Å². The number of alkyl carbamates (subject to hydrolysis) is 1. The first-order valence-electron chi connectivity index (χ1n) is 6.61. The Morgan fingerprint density at radius 1 is 1.48 bits per heavy atom. The summed E-state index contributed by atoms with van der Waals surface area (Å²) in [6.45, 7) is 5.41. The first-order valence-corrected chi connectivity index (χ1v) is 7.49. The number of aromatic nitrogens is 1. The molecule has 0 saturated carbocycles. The number of nitrogens with one attached hydrogen (secondary N) is 1. The molecule has 2 N–H and O–H groups in total. The van der Waals surface area contributed by atoms with Crippen molar-refractivity contribution in [1.82, 2.24) is 10.3 Å². The Morgan fingerprint density at radius 3 is 2.76 bits per heavy atom. The van der Waals surface area contributed by atoms with Gasteiger partial charge in [0.05, 0.1) is 0 Å². The molecule has 0 fully saturated rings. The second-order valence-corrected chi connectivity index (χ2v) is 6.71. The summed E-state index contributed by atoms with van der Waals surface area (Å²) < 4.78 is 5.24. The number of carboxylic acids is 1. The van der Waals surface area contributed by atoms with Gasteiger partial charge in [0, 0.05) is 17.3 Å². The lowest BCUT2D eigenvalue weighted by molar-refractivity contribution is 0.0502. The van der Waals surface area contributed by atoms with Crippen LogP contribution in [0.1, 0.15) is 48.6 Å². The van der Waals surface area contributed by atoms with Gasteiger partial charge in [0.1, 0.15) is 10.6 Å². The molecule has 0 radical (unpaired) electrons. The Morgan fingerprint density at radius 2 is 2.19 bits per heavy atom. The molecule has 2 rings (SSSR count). The zero-order valence-electron chi connectivity index (χ0n) is 12.1. The summed E-state index contributed by atoms with van der Waals surface area (Å²) in [7, 11) is 0. The topological polar surface area (TPSA) is 88.5 Å². The molecule has 2 atom stereocenters. The maximum atomic E-state index is 11.8. The van der Waals surface area contributed by atoms with Crippen molar-refractivity contribution in [1.29, 1.82) is 0 Å². The van der Waals surface area contributed by atoms with Gasteiger partial charge in [-0.15, -0.1) is 11.3 Å². The molecule has 1 aliphatic rings.